The van der Waals surface area contributed by atoms with Crippen molar-refractivity contribution in [3.8, 4) is 40.5 Å². The Balaban J connectivity index is 1.19. The number of carbonyl (C=O) groups excluding carboxylic acids is 6. The second kappa shape index (κ2) is 29.0. The van der Waals surface area contributed by atoms with Crippen LogP contribution in [0.2, 0.25) is 5.02 Å². The van der Waals surface area contributed by atoms with Crippen molar-refractivity contribution in [2.45, 2.75) is 120 Å². The monoisotopic (exact) mass is 1170 g/mol. The van der Waals surface area contributed by atoms with Crippen LogP contribution in [0.15, 0.2) is 125 Å². The number of rotatable bonds is 23. The van der Waals surface area contributed by atoms with E-state index in [-0.39, 0.29) is 51.9 Å². The highest BCUT2D eigenvalue weighted by Crippen LogP contribution is 2.37. The Morgan fingerprint density at radius 2 is 1.17 bits per heavy atom. The van der Waals surface area contributed by atoms with Crippen molar-refractivity contribution in [1.82, 2.24) is 31.2 Å². The average Bonchev–Trinajstić information content (AvgIpc) is 3.49. The highest BCUT2D eigenvalue weighted by atomic mass is 35.5. The van der Waals surface area contributed by atoms with Crippen LogP contribution in [-0.2, 0) is 56.7 Å². The number of alkyl carbamates (subject to hydrolysis) is 2. The zero-order valence-electron chi connectivity index (χ0n) is 46.9. The number of amides is 4. The van der Waals surface area contributed by atoms with Crippen molar-refractivity contribution >= 4 is 65.1 Å². The topological polar surface area (TPSA) is 309 Å². The number of thioether (sulfide) groups is 1. The zero-order chi connectivity index (χ0) is 60.4. The van der Waals surface area contributed by atoms with Gasteiger partial charge in [0.1, 0.15) is 89.1 Å². The molecule has 0 aliphatic carbocycles. The number of nitrogen functional groups attached to an aromatic ring is 1. The molecule has 21 nitrogen and oxygen atoms in total. The van der Waals surface area contributed by atoms with Gasteiger partial charge in [0.2, 0.25) is 17.7 Å². The molecule has 2 aromatic heterocycles. The number of benzene rings is 4. The number of oxazole rings is 1. The van der Waals surface area contributed by atoms with Gasteiger partial charge in [0, 0.05) is 34.7 Å². The highest BCUT2D eigenvalue weighted by Gasteiger charge is 2.32. The van der Waals surface area contributed by atoms with Crippen LogP contribution >= 0.6 is 23.4 Å². The Morgan fingerprint density at radius 1 is 0.663 bits per heavy atom. The minimum atomic E-state index is -1.35. The lowest BCUT2D eigenvalue weighted by atomic mass is 9.97. The van der Waals surface area contributed by atoms with Gasteiger partial charge in [-0.25, -0.2) is 29.1 Å². The predicted octanol–water partition coefficient (Wildman–Crippen LogP) is 8.79. The molecule has 2 heterocycles. The number of nitrogens with two attached hydrogens (primary N) is 1. The van der Waals surface area contributed by atoms with Crippen molar-refractivity contribution < 1.29 is 56.9 Å². The normalized spacial score (nSPS) is 13.0. The third kappa shape index (κ3) is 19.5. The van der Waals surface area contributed by atoms with Gasteiger partial charge in [0.25, 0.3) is 0 Å². The van der Waals surface area contributed by atoms with Gasteiger partial charge in [-0.1, -0.05) is 96.2 Å². The number of anilines is 1. The zero-order valence-corrected chi connectivity index (χ0v) is 48.5. The van der Waals surface area contributed by atoms with Gasteiger partial charge in [-0.2, -0.15) is 10.5 Å². The summed E-state index contributed by atoms with van der Waals surface area (Å²) in [6, 6.07) is 30.2. The molecule has 0 saturated carbocycles. The van der Waals surface area contributed by atoms with Crippen molar-refractivity contribution in [2.75, 3.05) is 18.9 Å². The number of pyridine rings is 1. The molecule has 6 rings (SSSR count). The fourth-order valence-corrected chi connectivity index (χ4v) is 8.78. The summed E-state index contributed by atoms with van der Waals surface area (Å²) in [5.41, 5.74) is 7.91. The number of nitrogens with one attached hydrogen (secondary N) is 4. The summed E-state index contributed by atoms with van der Waals surface area (Å²) in [6.07, 6.45) is -1.49. The van der Waals surface area contributed by atoms with E-state index in [4.69, 9.17) is 45.4 Å². The number of hydrogen-bond donors (Lipinski definition) is 5. The van der Waals surface area contributed by atoms with E-state index in [2.05, 4.69) is 43.4 Å². The van der Waals surface area contributed by atoms with Crippen molar-refractivity contribution in [2.24, 2.45) is 0 Å². The summed E-state index contributed by atoms with van der Waals surface area (Å²) >= 11 is 7.21. The standard InChI is InChI=1S/C60H64ClN9O12S/c1-35(65-51(71)47(27-37-15-11-9-12-16-37)68-57(75)81-59(3,4)5)55(73)79-33-44(80-56(74)36(2)66-52(72)48(28-38-17-13-10-14-18-38)69-58(76)82-60(6,7)8)32-77-43-25-21-39(22-26-43)49-45(29-62)50(64)70-54(46(49)30-63)83-34-42-31-78-53(67-42)40-19-23-41(61)24-20-40/h9-26,31,35-36,44,47-48H,27-28,32-34H2,1-8H3,(H2,64,70)(H,65,71)(H,66,72)(H,68,75)(H,69,76)/t35-,36-,44-,47-,48-/m0/s1. The molecular formula is C60H64ClN9O12S. The summed E-state index contributed by atoms with van der Waals surface area (Å²) in [7, 11) is 0. The summed E-state index contributed by atoms with van der Waals surface area (Å²) in [5, 5.41) is 31.8. The molecule has 4 amide bonds. The van der Waals surface area contributed by atoms with Gasteiger partial charge >= 0.3 is 24.1 Å². The number of nitriles is 2. The summed E-state index contributed by atoms with van der Waals surface area (Å²) in [4.78, 5) is 89.6. The number of halogens is 1. The summed E-state index contributed by atoms with van der Waals surface area (Å²) in [6.45, 7) is 11.7. The first-order valence-electron chi connectivity index (χ1n) is 26.1. The lowest BCUT2D eigenvalue weighted by molar-refractivity contribution is -0.163. The van der Waals surface area contributed by atoms with E-state index in [9.17, 15) is 39.3 Å². The molecule has 0 saturated heterocycles. The lowest BCUT2D eigenvalue weighted by Gasteiger charge is -2.25. The molecular weight excluding hydrogens is 1110 g/mol. The van der Waals surface area contributed by atoms with Crippen molar-refractivity contribution in [3.05, 3.63) is 148 Å². The van der Waals surface area contributed by atoms with Crippen LogP contribution in [-0.4, -0.2) is 101 Å². The second-order valence-corrected chi connectivity index (χ2v) is 22.3. The smallest absolute Gasteiger partial charge is 0.408 e. The molecule has 434 valence electrons. The first-order chi connectivity index (χ1) is 39.4. The van der Waals surface area contributed by atoms with Gasteiger partial charge in [0.15, 0.2) is 6.10 Å². The van der Waals surface area contributed by atoms with E-state index in [1.54, 1.807) is 139 Å². The fraction of sp³-hybridized carbons (Fsp3) is 0.333. The lowest BCUT2D eigenvalue weighted by Crippen LogP contribution is -2.53. The Morgan fingerprint density at radius 3 is 1.67 bits per heavy atom. The Labute approximate surface area is 489 Å². The molecule has 0 aliphatic rings. The first kappa shape index (κ1) is 63.1. The number of esters is 2. The molecule has 0 bridgehead atoms. The molecule has 0 unspecified atom stereocenters. The van der Waals surface area contributed by atoms with Crippen LogP contribution < -0.4 is 31.7 Å². The minimum absolute atomic E-state index is 0.0375. The van der Waals surface area contributed by atoms with E-state index >= 15 is 0 Å². The maximum Gasteiger partial charge on any atom is 0.408 e. The molecule has 0 radical (unpaired) electrons. The molecule has 5 atom stereocenters. The number of nitrogens with zero attached hydrogens (tertiary/aromatic N) is 4. The Hall–Kier alpha value is -9.12. The molecule has 23 heteroatoms. The molecule has 0 aliphatic heterocycles. The predicted molar refractivity (Wildman–Crippen MR) is 308 cm³/mol. The maximum absolute atomic E-state index is 13.9. The molecule has 6 N–H and O–H groups in total. The van der Waals surface area contributed by atoms with Gasteiger partial charge in [-0.3, -0.25) is 9.59 Å². The van der Waals surface area contributed by atoms with E-state index in [1.807, 2.05) is 0 Å². The highest BCUT2D eigenvalue weighted by molar-refractivity contribution is 7.98. The van der Waals surface area contributed by atoms with Gasteiger partial charge < -0.3 is 55.1 Å². The Bertz CT molecular complexity index is 3320. The third-order valence-electron chi connectivity index (χ3n) is 11.7. The maximum atomic E-state index is 13.9. The number of ether oxygens (including phenoxy) is 5. The number of aromatic nitrogens is 2. The minimum Gasteiger partial charge on any atom is -0.490 e. The van der Waals surface area contributed by atoms with Gasteiger partial charge in [-0.05, 0) is 108 Å². The quantitative estimate of drug-likeness (QED) is 0.0227. The SMILES string of the molecule is C[C@H](NC(=O)[C@H](Cc1ccccc1)NC(=O)OC(C)(C)C)C(=O)OC[C@H](COc1ccc(-c2c(C#N)c(N)nc(SCc3coc(-c4ccc(Cl)cc4)n3)c2C#N)cc1)OC(=O)[C@H](C)NC(=O)[C@H](Cc1ccccc1)NC(=O)OC(C)(C)C. The molecule has 83 heavy (non-hydrogen) atoms. The molecule has 6 aromatic rings. The van der Waals surface area contributed by atoms with Crippen molar-refractivity contribution in [3.63, 3.8) is 0 Å². The molecule has 0 spiro atoms. The number of hydrogen-bond acceptors (Lipinski definition) is 18. The van der Waals surface area contributed by atoms with E-state index < -0.39 is 90.6 Å². The van der Waals surface area contributed by atoms with E-state index in [0.29, 0.717) is 38.9 Å². The van der Waals surface area contributed by atoms with E-state index in [0.717, 1.165) is 0 Å². The van der Waals surface area contributed by atoms with Crippen LogP contribution in [0.1, 0.15) is 83.3 Å². The van der Waals surface area contributed by atoms with Gasteiger partial charge in [-0.15, -0.1) is 0 Å². The van der Waals surface area contributed by atoms with Crippen LogP contribution in [0.5, 0.6) is 5.75 Å². The summed E-state index contributed by atoms with van der Waals surface area (Å²) in [5.74, 6) is -2.69. The van der Waals surface area contributed by atoms with Crippen LogP contribution in [0.4, 0.5) is 15.4 Å². The largest absolute Gasteiger partial charge is 0.490 e. The van der Waals surface area contributed by atoms with Crippen molar-refractivity contribution in [1.29, 1.82) is 10.5 Å². The number of carbonyl (C=O) groups is 6. The molecule has 0 fully saturated rings. The van der Waals surface area contributed by atoms with Crippen LogP contribution in [0.25, 0.3) is 22.6 Å². The molecule has 4 aromatic carbocycles. The second-order valence-electron chi connectivity index (χ2n) is 20.9. The summed E-state index contributed by atoms with van der Waals surface area (Å²) < 4.78 is 34.0. The van der Waals surface area contributed by atoms with Crippen LogP contribution in [0.3, 0.4) is 0 Å². The first-order valence-corrected chi connectivity index (χ1v) is 27.5. The Kier molecular flexibility index (Phi) is 22.1. The van der Waals surface area contributed by atoms with Gasteiger partial charge in [0.05, 0.1) is 11.3 Å². The van der Waals surface area contributed by atoms with Crippen LogP contribution in [0, 0.1) is 22.7 Å². The average molecular weight is 1170 g/mol. The third-order valence-corrected chi connectivity index (χ3v) is 13.0. The van der Waals surface area contributed by atoms with E-state index in [1.165, 1.54) is 44.0 Å². The fourth-order valence-electron chi connectivity index (χ4n) is 7.78.